The van der Waals surface area contributed by atoms with Crippen LogP contribution in [0.5, 0.6) is 5.75 Å². The molecule has 4 amide bonds. The number of nitrogens with zero attached hydrogens (tertiary/aromatic N) is 1. The second-order valence-corrected chi connectivity index (χ2v) is 9.16. The number of halogens is 2. The van der Waals surface area contributed by atoms with Crippen LogP contribution in [-0.2, 0) is 16.0 Å². The van der Waals surface area contributed by atoms with Crippen molar-refractivity contribution in [2.45, 2.75) is 25.4 Å². The third-order valence-corrected chi connectivity index (χ3v) is 6.24. The number of hydrogen-bond donors (Lipinski definition) is 2. The predicted molar refractivity (Wildman–Crippen MR) is 137 cm³/mol. The van der Waals surface area contributed by atoms with Crippen LogP contribution in [0.15, 0.2) is 72.8 Å². The van der Waals surface area contributed by atoms with Crippen molar-refractivity contribution in [2.75, 3.05) is 11.9 Å². The van der Waals surface area contributed by atoms with Crippen LogP contribution in [0, 0.1) is 9.39 Å². The largest absolute Gasteiger partial charge is 0.494 e. The molecule has 0 aliphatic carbocycles. The summed E-state index contributed by atoms with van der Waals surface area (Å²) in [5.41, 5.74) is 1.29. The third kappa shape index (κ3) is 5.61. The molecule has 1 aliphatic rings. The van der Waals surface area contributed by atoms with Gasteiger partial charge in [0.15, 0.2) is 0 Å². The Hall–Kier alpha value is -3.47. The smallest absolute Gasteiger partial charge is 0.325 e. The van der Waals surface area contributed by atoms with E-state index in [0.717, 1.165) is 10.5 Å². The number of carbonyl (C=O) groups is 3. The number of carbonyl (C=O) groups excluding carboxylic acids is 3. The van der Waals surface area contributed by atoms with Crippen molar-refractivity contribution in [3.05, 3.63) is 93.3 Å². The van der Waals surface area contributed by atoms with Crippen molar-refractivity contribution >= 4 is 46.1 Å². The van der Waals surface area contributed by atoms with Gasteiger partial charge in [-0.2, -0.15) is 0 Å². The van der Waals surface area contributed by atoms with Crippen molar-refractivity contribution in [1.82, 2.24) is 10.2 Å². The van der Waals surface area contributed by atoms with E-state index >= 15 is 0 Å². The monoisotopic (exact) mass is 587 g/mol. The van der Waals surface area contributed by atoms with Gasteiger partial charge in [0.1, 0.15) is 23.7 Å². The highest BCUT2D eigenvalue weighted by Gasteiger charge is 2.45. The minimum Gasteiger partial charge on any atom is -0.494 e. The molecule has 4 rings (SSSR count). The summed E-state index contributed by atoms with van der Waals surface area (Å²) < 4.78 is 20.5. The standard InChI is InChI=1S/C26H23FIN3O4/c1-2-35-19-11-8-17(9-12-19)23-25(33)31(26(34)30-23)22(14-16-6-4-3-5-7-16)24(32)29-21-13-10-18(28)15-20(21)27/h3-13,15,22-23H,2,14H2,1H3,(H,29,32)(H,30,34)/t22?,23-/m1/s1. The van der Waals surface area contributed by atoms with E-state index in [4.69, 9.17) is 4.74 Å². The van der Waals surface area contributed by atoms with Crippen LogP contribution < -0.4 is 15.4 Å². The summed E-state index contributed by atoms with van der Waals surface area (Å²) in [5.74, 6) is -1.18. The molecular weight excluding hydrogens is 564 g/mol. The minimum atomic E-state index is -1.18. The second kappa shape index (κ2) is 10.9. The molecule has 0 aromatic heterocycles. The average molecular weight is 587 g/mol. The van der Waals surface area contributed by atoms with Crippen molar-refractivity contribution in [3.63, 3.8) is 0 Å². The number of anilines is 1. The molecule has 3 aromatic rings. The molecule has 0 radical (unpaired) electrons. The Morgan fingerprint density at radius 3 is 2.49 bits per heavy atom. The molecule has 1 heterocycles. The number of urea groups is 1. The molecule has 180 valence electrons. The number of ether oxygens (including phenoxy) is 1. The van der Waals surface area contributed by atoms with Crippen LogP contribution in [0.25, 0.3) is 0 Å². The second-order valence-electron chi connectivity index (χ2n) is 7.91. The Bertz CT molecular complexity index is 1240. The molecule has 1 unspecified atom stereocenters. The molecule has 1 aliphatic heterocycles. The van der Waals surface area contributed by atoms with Gasteiger partial charge in [0.2, 0.25) is 5.91 Å². The lowest BCUT2D eigenvalue weighted by atomic mass is 10.0. The van der Waals surface area contributed by atoms with Crippen molar-refractivity contribution in [1.29, 1.82) is 0 Å². The van der Waals surface area contributed by atoms with Gasteiger partial charge in [-0.1, -0.05) is 42.5 Å². The zero-order valence-corrected chi connectivity index (χ0v) is 21.0. The summed E-state index contributed by atoms with van der Waals surface area (Å²) in [6.45, 7) is 2.37. The maximum atomic E-state index is 14.4. The quantitative estimate of drug-likeness (QED) is 0.296. The van der Waals surface area contributed by atoms with Gasteiger partial charge < -0.3 is 15.4 Å². The van der Waals surface area contributed by atoms with Crippen LogP contribution in [0.3, 0.4) is 0 Å². The summed E-state index contributed by atoms with van der Waals surface area (Å²) in [6.07, 6.45) is 0.0772. The van der Waals surface area contributed by atoms with E-state index in [1.54, 1.807) is 54.6 Å². The van der Waals surface area contributed by atoms with Gasteiger partial charge >= 0.3 is 6.03 Å². The Morgan fingerprint density at radius 1 is 1.11 bits per heavy atom. The van der Waals surface area contributed by atoms with Gasteiger partial charge in [-0.25, -0.2) is 14.1 Å². The highest BCUT2D eigenvalue weighted by Crippen LogP contribution is 2.27. The molecule has 1 saturated heterocycles. The van der Waals surface area contributed by atoms with Gasteiger partial charge in [-0.3, -0.25) is 9.59 Å². The van der Waals surface area contributed by atoms with E-state index in [1.807, 2.05) is 35.6 Å². The lowest BCUT2D eigenvalue weighted by Gasteiger charge is -2.25. The fourth-order valence-corrected chi connectivity index (χ4v) is 4.34. The summed E-state index contributed by atoms with van der Waals surface area (Å²) in [7, 11) is 0. The van der Waals surface area contributed by atoms with E-state index in [2.05, 4.69) is 10.6 Å². The Balaban J connectivity index is 1.62. The number of rotatable bonds is 8. The van der Waals surface area contributed by atoms with Crippen molar-refractivity contribution in [2.24, 2.45) is 0 Å². The fraction of sp³-hybridized carbons (Fsp3) is 0.192. The topological polar surface area (TPSA) is 87.7 Å². The molecule has 0 bridgehead atoms. The molecule has 9 heteroatoms. The highest BCUT2D eigenvalue weighted by molar-refractivity contribution is 14.1. The number of amides is 4. The van der Waals surface area contributed by atoms with Crippen LogP contribution >= 0.6 is 22.6 Å². The molecule has 0 saturated carbocycles. The van der Waals surface area contributed by atoms with Crippen LogP contribution in [0.2, 0.25) is 0 Å². The molecule has 2 N–H and O–H groups in total. The Labute approximate surface area is 215 Å². The van der Waals surface area contributed by atoms with Gasteiger partial charge in [-0.15, -0.1) is 0 Å². The fourth-order valence-electron chi connectivity index (χ4n) is 3.88. The summed E-state index contributed by atoms with van der Waals surface area (Å²) in [6, 6.07) is 17.4. The molecule has 0 spiro atoms. The first-order valence-electron chi connectivity index (χ1n) is 11.0. The van der Waals surface area contributed by atoms with E-state index in [1.165, 1.54) is 12.1 Å². The zero-order chi connectivity index (χ0) is 24.9. The maximum Gasteiger partial charge on any atom is 0.325 e. The number of hydrogen-bond acceptors (Lipinski definition) is 4. The van der Waals surface area contributed by atoms with Gasteiger partial charge in [0, 0.05) is 9.99 Å². The zero-order valence-electron chi connectivity index (χ0n) is 18.8. The van der Waals surface area contributed by atoms with Crippen LogP contribution in [0.4, 0.5) is 14.9 Å². The van der Waals surface area contributed by atoms with Gasteiger partial charge in [0.05, 0.1) is 12.3 Å². The van der Waals surface area contributed by atoms with E-state index in [9.17, 15) is 18.8 Å². The third-order valence-electron chi connectivity index (χ3n) is 5.57. The average Bonchev–Trinajstić information content (AvgIpc) is 3.14. The molecule has 1 fully saturated rings. The predicted octanol–water partition coefficient (Wildman–Crippen LogP) is 4.67. The first-order chi connectivity index (χ1) is 16.9. The van der Waals surface area contributed by atoms with Gasteiger partial charge in [0.25, 0.3) is 5.91 Å². The Morgan fingerprint density at radius 2 is 1.83 bits per heavy atom. The lowest BCUT2D eigenvalue weighted by molar-refractivity contribution is -0.134. The molecule has 35 heavy (non-hydrogen) atoms. The van der Waals surface area contributed by atoms with Gasteiger partial charge in [-0.05, 0) is 71.0 Å². The SMILES string of the molecule is CCOc1ccc([C@H]2NC(=O)N(C(Cc3ccccc3)C(=O)Nc3ccc(I)cc3F)C2=O)cc1. The first-order valence-corrected chi connectivity index (χ1v) is 12.1. The number of nitrogens with one attached hydrogen (secondary N) is 2. The first kappa shape index (κ1) is 24.6. The number of imide groups is 1. The normalized spacial score (nSPS) is 16.1. The molecule has 7 nitrogen and oxygen atoms in total. The number of benzene rings is 3. The highest BCUT2D eigenvalue weighted by atomic mass is 127. The summed E-state index contributed by atoms with van der Waals surface area (Å²) >= 11 is 1.97. The van der Waals surface area contributed by atoms with Crippen molar-refractivity contribution < 1.29 is 23.5 Å². The van der Waals surface area contributed by atoms with Crippen molar-refractivity contribution in [3.8, 4) is 5.75 Å². The van der Waals surface area contributed by atoms with E-state index in [-0.39, 0.29) is 12.1 Å². The lowest BCUT2D eigenvalue weighted by Crippen LogP contribution is -2.49. The molecular formula is C26H23FIN3O4. The van der Waals surface area contributed by atoms with E-state index < -0.39 is 35.7 Å². The molecule has 3 aromatic carbocycles. The van der Waals surface area contributed by atoms with Crippen LogP contribution in [-0.4, -0.2) is 35.4 Å². The summed E-state index contributed by atoms with van der Waals surface area (Å²) in [4.78, 5) is 40.6. The molecule has 2 atom stereocenters. The maximum absolute atomic E-state index is 14.4. The Kier molecular flexibility index (Phi) is 7.64. The van der Waals surface area contributed by atoms with Crippen LogP contribution in [0.1, 0.15) is 24.1 Å². The summed E-state index contributed by atoms with van der Waals surface area (Å²) in [5, 5.41) is 5.21. The van der Waals surface area contributed by atoms with E-state index in [0.29, 0.717) is 21.5 Å². The minimum absolute atomic E-state index is 0.0244.